The zero-order valence-corrected chi connectivity index (χ0v) is 12.8. The second-order valence-electron chi connectivity index (χ2n) is 5.15. The van der Waals surface area contributed by atoms with Crippen LogP contribution in [-0.4, -0.2) is 21.7 Å². The first kappa shape index (κ1) is 15.5. The first-order valence-electron chi connectivity index (χ1n) is 6.97. The van der Waals surface area contributed by atoms with Crippen molar-refractivity contribution in [2.24, 2.45) is 5.92 Å². The second kappa shape index (κ2) is 7.80. The number of aryl methyl sites for hydroxylation is 2. The lowest BCUT2D eigenvalue weighted by Crippen LogP contribution is -2.25. The zero-order chi connectivity index (χ0) is 13.5. The molecule has 1 rings (SSSR count). The fourth-order valence-electron chi connectivity index (χ4n) is 2.06. The number of hydrogen-bond acceptors (Lipinski definition) is 2. The lowest BCUT2D eigenvalue weighted by Gasteiger charge is -2.13. The van der Waals surface area contributed by atoms with Crippen molar-refractivity contribution in [3.05, 3.63) is 17.5 Å². The third-order valence-corrected chi connectivity index (χ3v) is 3.31. The van der Waals surface area contributed by atoms with Gasteiger partial charge in [0.2, 0.25) is 0 Å². The molecule has 0 bridgehead atoms. The molecule has 1 heterocycles. The van der Waals surface area contributed by atoms with E-state index in [-0.39, 0.29) is 5.38 Å². The molecule has 0 spiro atoms. The van der Waals surface area contributed by atoms with Crippen molar-refractivity contribution < 1.29 is 0 Å². The Bertz CT molecular complexity index is 347. The average Bonchev–Trinajstić information content (AvgIpc) is 2.70. The summed E-state index contributed by atoms with van der Waals surface area (Å²) < 4.78 is 2.07. The van der Waals surface area contributed by atoms with Gasteiger partial charge in [-0.05, 0) is 31.7 Å². The minimum absolute atomic E-state index is 0.216. The van der Waals surface area contributed by atoms with E-state index >= 15 is 0 Å². The lowest BCUT2D eigenvalue weighted by molar-refractivity contribution is 0.521. The zero-order valence-electron chi connectivity index (χ0n) is 12.0. The molecular weight excluding hydrogens is 246 g/mol. The third kappa shape index (κ3) is 4.99. The van der Waals surface area contributed by atoms with Gasteiger partial charge in [-0.3, -0.25) is 4.68 Å². The molecule has 0 fully saturated rings. The molecule has 1 unspecified atom stereocenters. The maximum atomic E-state index is 6.26. The fraction of sp³-hybridized carbons (Fsp3) is 0.786. The topological polar surface area (TPSA) is 29.9 Å². The van der Waals surface area contributed by atoms with Crippen LogP contribution in [0.2, 0.25) is 0 Å². The third-order valence-electron chi connectivity index (χ3n) is 2.97. The molecule has 0 aromatic carbocycles. The van der Waals surface area contributed by atoms with Crippen LogP contribution in [0.3, 0.4) is 0 Å². The van der Waals surface area contributed by atoms with E-state index < -0.39 is 0 Å². The van der Waals surface area contributed by atoms with Gasteiger partial charge >= 0.3 is 0 Å². The van der Waals surface area contributed by atoms with Crippen molar-refractivity contribution >= 4 is 11.6 Å². The van der Waals surface area contributed by atoms with Gasteiger partial charge in [-0.1, -0.05) is 20.8 Å². The highest BCUT2D eigenvalue weighted by Crippen LogP contribution is 2.10. The number of nitrogens with zero attached hydrogens (tertiary/aromatic N) is 2. The summed E-state index contributed by atoms with van der Waals surface area (Å²) in [4.78, 5) is 0. The molecule has 1 aromatic rings. The number of hydrogen-bond donors (Lipinski definition) is 1. The molecule has 18 heavy (non-hydrogen) atoms. The number of alkyl halides is 1. The van der Waals surface area contributed by atoms with Gasteiger partial charge < -0.3 is 5.32 Å². The summed E-state index contributed by atoms with van der Waals surface area (Å²) in [6.45, 7) is 11.3. The van der Waals surface area contributed by atoms with Gasteiger partial charge in [-0.25, -0.2) is 0 Å². The summed E-state index contributed by atoms with van der Waals surface area (Å²) in [5, 5.41) is 8.18. The van der Waals surface area contributed by atoms with E-state index in [1.165, 1.54) is 11.4 Å². The molecule has 4 heteroatoms. The molecule has 104 valence electrons. The first-order chi connectivity index (χ1) is 8.56. The van der Waals surface area contributed by atoms with Crippen LogP contribution < -0.4 is 5.32 Å². The Morgan fingerprint density at radius 2 is 2.11 bits per heavy atom. The number of halogens is 1. The first-order valence-corrected chi connectivity index (χ1v) is 7.40. The van der Waals surface area contributed by atoms with Gasteiger partial charge in [0.05, 0.1) is 11.4 Å². The van der Waals surface area contributed by atoms with E-state index in [9.17, 15) is 0 Å². The lowest BCUT2D eigenvalue weighted by atomic mass is 10.1. The maximum Gasteiger partial charge on any atom is 0.0625 e. The van der Waals surface area contributed by atoms with Crippen LogP contribution in [0.5, 0.6) is 0 Å². The smallest absolute Gasteiger partial charge is 0.0625 e. The van der Waals surface area contributed by atoms with Crippen LogP contribution in [0, 0.1) is 5.92 Å². The van der Waals surface area contributed by atoms with E-state index in [1.807, 2.05) is 0 Å². The summed E-state index contributed by atoms with van der Waals surface area (Å²) in [5.41, 5.74) is 2.42. The Balaban J connectivity index is 2.40. The van der Waals surface area contributed by atoms with Gasteiger partial charge in [0.15, 0.2) is 0 Å². The molecule has 3 nitrogen and oxygen atoms in total. The quantitative estimate of drug-likeness (QED) is 0.736. The Kier molecular flexibility index (Phi) is 6.72. The van der Waals surface area contributed by atoms with E-state index in [2.05, 4.69) is 48.9 Å². The highest BCUT2D eigenvalue weighted by molar-refractivity contribution is 6.20. The summed E-state index contributed by atoms with van der Waals surface area (Å²) in [5.74, 6) is 0.655. The number of nitrogens with one attached hydrogen (secondary N) is 1. The standard InChI is InChI=1S/C14H26ClN3/c1-5-13-8-14(18(6-2)17-13)10-16-9-12(15)7-11(3)4/h8,11-12,16H,5-7,9-10H2,1-4H3. The van der Waals surface area contributed by atoms with Crippen molar-refractivity contribution in [2.75, 3.05) is 6.54 Å². The fourth-order valence-corrected chi connectivity index (χ4v) is 2.52. The molecular formula is C14H26ClN3. The van der Waals surface area contributed by atoms with Crippen LogP contribution in [0.15, 0.2) is 6.07 Å². The highest BCUT2D eigenvalue weighted by atomic mass is 35.5. The maximum absolute atomic E-state index is 6.26. The molecule has 1 N–H and O–H groups in total. The van der Waals surface area contributed by atoms with Gasteiger partial charge in [-0.2, -0.15) is 5.10 Å². The number of aromatic nitrogens is 2. The van der Waals surface area contributed by atoms with Crippen molar-refractivity contribution in [1.82, 2.24) is 15.1 Å². The predicted octanol–water partition coefficient (Wildman–Crippen LogP) is 3.21. The van der Waals surface area contributed by atoms with Crippen molar-refractivity contribution in [3.8, 4) is 0 Å². The van der Waals surface area contributed by atoms with E-state index in [1.54, 1.807) is 0 Å². The molecule has 1 aromatic heterocycles. The minimum Gasteiger partial charge on any atom is -0.310 e. The molecule has 0 saturated carbocycles. The van der Waals surface area contributed by atoms with Crippen LogP contribution in [0.4, 0.5) is 0 Å². The molecule has 0 aliphatic heterocycles. The normalized spacial score (nSPS) is 13.2. The molecule has 0 radical (unpaired) electrons. The number of rotatable bonds is 8. The monoisotopic (exact) mass is 271 g/mol. The largest absolute Gasteiger partial charge is 0.310 e. The molecule has 0 aliphatic rings. The Morgan fingerprint density at radius 3 is 2.67 bits per heavy atom. The summed E-state index contributed by atoms with van der Waals surface area (Å²) in [6.07, 6.45) is 2.05. The van der Waals surface area contributed by atoms with Crippen molar-refractivity contribution in [1.29, 1.82) is 0 Å². The average molecular weight is 272 g/mol. The van der Waals surface area contributed by atoms with Crippen LogP contribution in [0.1, 0.15) is 45.5 Å². The van der Waals surface area contributed by atoms with Gasteiger partial charge in [0.25, 0.3) is 0 Å². The Hall–Kier alpha value is -0.540. The van der Waals surface area contributed by atoms with Crippen LogP contribution in [0.25, 0.3) is 0 Å². The van der Waals surface area contributed by atoms with E-state index in [4.69, 9.17) is 11.6 Å². The van der Waals surface area contributed by atoms with Gasteiger partial charge in [0, 0.05) is 25.0 Å². The molecule has 0 saturated heterocycles. The Labute approximate surface area is 116 Å². The molecule has 1 atom stereocenters. The second-order valence-corrected chi connectivity index (χ2v) is 5.77. The minimum atomic E-state index is 0.216. The van der Waals surface area contributed by atoms with Crippen LogP contribution >= 0.6 is 11.6 Å². The van der Waals surface area contributed by atoms with Gasteiger partial charge in [-0.15, -0.1) is 11.6 Å². The summed E-state index contributed by atoms with van der Waals surface area (Å²) in [6, 6.07) is 2.18. The molecule has 0 aliphatic carbocycles. The highest BCUT2D eigenvalue weighted by Gasteiger charge is 2.09. The van der Waals surface area contributed by atoms with Crippen molar-refractivity contribution in [2.45, 2.75) is 59.0 Å². The van der Waals surface area contributed by atoms with Crippen LogP contribution in [-0.2, 0) is 19.5 Å². The summed E-state index contributed by atoms with van der Waals surface area (Å²) in [7, 11) is 0. The van der Waals surface area contributed by atoms with Gasteiger partial charge in [0.1, 0.15) is 0 Å². The Morgan fingerprint density at radius 1 is 1.39 bits per heavy atom. The SMILES string of the molecule is CCc1cc(CNCC(Cl)CC(C)C)n(CC)n1. The van der Waals surface area contributed by atoms with E-state index in [0.29, 0.717) is 5.92 Å². The van der Waals surface area contributed by atoms with E-state index in [0.717, 1.165) is 32.5 Å². The molecule has 0 amide bonds. The van der Waals surface area contributed by atoms with Crippen molar-refractivity contribution in [3.63, 3.8) is 0 Å². The predicted molar refractivity (Wildman–Crippen MR) is 78.1 cm³/mol. The summed E-state index contributed by atoms with van der Waals surface area (Å²) >= 11 is 6.26.